The van der Waals surface area contributed by atoms with E-state index in [-0.39, 0.29) is 5.91 Å². The first-order valence-corrected chi connectivity index (χ1v) is 7.06. The van der Waals surface area contributed by atoms with Crippen molar-refractivity contribution in [2.24, 2.45) is 0 Å². The molecule has 18 heavy (non-hydrogen) atoms. The molecule has 0 aromatic carbocycles. The van der Waals surface area contributed by atoms with E-state index in [2.05, 4.69) is 39.7 Å². The standard InChI is InChI=1S/C13H18BrN3O/c1-3-16-6-7-17(9-10(16)2)13(18)12-5-4-11(14)8-15-12/h4-5,8,10H,3,6-7,9H2,1-2H3. The average molecular weight is 312 g/mol. The molecule has 1 amide bonds. The van der Waals surface area contributed by atoms with Crippen LogP contribution in [0.5, 0.6) is 0 Å². The number of hydrogen-bond acceptors (Lipinski definition) is 3. The molecule has 98 valence electrons. The van der Waals surface area contributed by atoms with E-state index < -0.39 is 0 Å². The van der Waals surface area contributed by atoms with E-state index in [0.717, 1.165) is 30.7 Å². The number of amides is 1. The highest BCUT2D eigenvalue weighted by Gasteiger charge is 2.26. The number of carbonyl (C=O) groups is 1. The van der Waals surface area contributed by atoms with E-state index in [9.17, 15) is 4.79 Å². The molecule has 1 aliphatic heterocycles. The smallest absolute Gasteiger partial charge is 0.272 e. The summed E-state index contributed by atoms with van der Waals surface area (Å²) in [6.07, 6.45) is 1.67. The first-order chi connectivity index (χ1) is 8.61. The van der Waals surface area contributed by atoms with Gasteiger partial charge in [0, 0.05) is 36.3 Å². The summed E-state index contributed by atoms with van der Waals surface area (Å²) in [5.41, 5.74) is 0.523. The summed E-state index contributed by atoms with van der Waals surface area (Å²) in [6, 6.07) is 4.04. The lowest BCUT2D eigenvalue weighted by molar-refractivity contribution is 0.0523. The Hall–Kier alpha value is -0.940. The van der Waals surface area contributed by atoms with E-state index in [0.29, 0.717) is 11.7 Å². The molecule has 0 saturated carbocycles. The largest absolute Gasteiger partial charge is 0.334 e. The lowest BCUT2D eigenvalue weighted by atomic mass is 10.2. The summed E-state index contributed by atoms with van der Waals surface area (Å²) in [4.78, 5) is 20.7. The highest BCUT2D eigenvalue weighted by Crippen LogP contribution is 2.13. The van der Waals surface area contributed by atoms with Gasteiger partial charge in [-0.2, -0.15) is 0 Å². The highest BCUT2D eigenvalue weighted by atomic mass is 79.9. The predicted molar refractivity (Wildman–Crippen MR) is 74.5 cm³/mol. The molecule has 1 unspecified atom stereocenters. The molecule has 5 heteroatoms. The first-order valence-electron chi connectivity index (χ1n) is 6.26. The van der Waals surface area contributed by atoms with Crippen molar-refractivity contribution < 1.29 is 4.79 Å². The van der Waals surface area contributed by atoms with Crippen LogP contribution in [0.1, 0.15) is 24.3 Å². The number of nitrogens with zero attached hydrogens (tertiary/aromatic N) is 3. The van der Waals surface area contributed by atoms with E-state index in [1.807, 2.05) is 11.0 Å². The minimum Gasteiger partial charge on any atom is -0.334 e. The quantitative estimate of drug-likeness (QED) is 0.838. The molecule has 1 atom stereocenters. The van der Waals surface area contributed by atoms with Crippen LogP contribution in [0.25, 0.3) is 0 Å². The van der Waals surface area contributed by atoms with Crippen molar-refractivity contribution in [3.05, 3.63) is 28.5 Å². The van der Waals surface area contributed by atoms with Crippen LogP contribution in [0.3, 0.4) is 0 Å². The Morgan fingerprint density at radius 2 is 2.28 bits per heavy atom. The molecule has 1 aromatic rings. The molecule has 1 fully saturated rings. The van der Waals surface area contributed by atoms with Crippen molar-refractivity contribution in [1.29, 1.82) is 0 Å². The average Bonchev–Trinajstić information content (AvgIpc) is 2.38. The summed E-state index contributed by atoms with van der Waals surface area (Å²) in [5, 5.41) is 0. The van der Waals surface area contributed by atoms with E-state index in [1.54, 1.807) is 12.3 Å². The Balaban J connectivity index is 2.04. The molecule has 0 N–H and O–H groups in total. The minimum atomic E-state index is 0.0325. The third-order valence-corrected chi connectivity index (χ3v) is 3.87. The van der Waals surface area contributed by atoms with Gasteiger partial charge < -0.3 is 4.90 Å². The molecular formula is C13H18BrN3O. The number of hydrogen-bond donors (Lipinski definition) is 0. The molecular weight excluding hydrogens is 294 g/mol. The number of rotatable bonds is 2. The number of piperazine rings is 1. The van der Waals surface area contributed by atoms with Crippen LogP contribution >= 0.6 is 15.9 Å². The van der Waals surface area contributed by atoms with Crippen LogP contribution in [-0.2, 0) is 0 Å². The van der Waals surface area contributed by atoms with Crippen LogP contribution in [0.4, 0.5) is 0 Å². The molecule has 2 rings (SSSR count). The molecule has 1 saturated heterocycles. The van der Waals surface area contributed by atoms with Gasteiger partial charge in [0.05, 0.1) is 0 Å². The van der Waals surface area contributed by atoms with Crippen molar-refractivity contribution in [2.45, 2.75) is 19.9 Å². The Morgan fingerprint density at radius 3 is 2.83 bits per heavy atom. The zero-order valence-corrected chi connectivity index (χ0v) is 12.4. The SMILES string of the molecule is CCN1CCN(C(=O)c2ccc(Br)cn2)CC1C. The van der Waals surface area contributed by atoms with E-state index in [1.165, 1.54) is 0 Å². The normalized spacial score (nSPS) is 21.1. The van der Waals surface area contributed by atoms with Crippen LogP contribution < -0.4 is 0 Å². The minimum absolute atomic E-state index is 0.0325. The third kappa shape index (κ3) is 2.90. The zero-order chi connectivity index (χ0) is 13.1. The summed E-state index contributed by atoms with van der Waals surface area (Å²) in [6.45, 7) is 7.88. The predicted octanol–water partition coefficient (Wildman–Crippen LogP) is 2.01. The van der Waals surface area contributed by atoms with Crippen molar-refractivity contribution in [2.75, 3.05) is 26.2 Å². The van der Waals surface area contributed by atoms with E-state index >= 15 is 0 Å². The van der Waals surface area contributed by atoms with Gasteiger partial charge in [-0.25, -0.2) is 4.98 Å². The van der Waals surface area contributed by atoms with Gasteiger partial charge >= 0.3 is 0 Å². The number of carbonyl (C=O) groups excluding carboxylic acids is 1. The maximum Gasteiger partial charge on any atom is 0.272 e. The van der Waals surface area contributed by atoms with Crippen molar-refractivity contribution in [3.63, 3.8) is 0 Å². The summed E-state index contributed by atoms with van der Waals surface area (Å²) < 4.78 is 0.892. The van der Waals surface area contributed by atoms with Gasteiger partial charge in [-0.1, -0.05) is 6.92 Å². The van der Waals surface area contributed by atoms with Gasteiger partial charge in [-0.3, -0.25) is 9.69 Å². The molecule has 0 aliphatic carbocycles. The summed E-state index contributed by atoms with van der Waals surface area (Å²) >= 11 is 3.32. The fraction of sp³-hybridized carbons (Fsp3) is 0.538. The van der Waals surface area contributed by atoms with Gasteiger partial charge in [0.2, 0.25) is 0 Å². The van der Waals surface area contributed by atoms with Gasteiger partial charge in [0.1, 0.15) is 5.69 Å². The zero-order valence-electron chi connectivity index (χ0n) is 10.8. The molecule has 0 radical (unpaired) electrons. The molecule has 0 spiro atoms. The monoisotopic (exact) mass is 311 g/mol. The number of halogens is 1. The summed E-state index contributed by atoms with van der Waals surface area (Å²) in [5.74, 6) is 0.0325. The second-order valence-corrected chi connectivity index (χ2v) is 5.51. The number of pyridine rings is 1. The Morgan fingerprint density at radius 1 is 1.50 bits per heavy atom. The van der Waals surface area contributed by atoms with Gasteiger partial charge in [-0.15, -0.1) is 0 Å². The fourth-order valence-electron chi connectivity index (χ4n) is 2.31. The highest BCUT2D eigenvalue weighted by molar-refractivity contribution is 9.10. The van der Waals surface area contributed by atoms with Crippen LogP contribution in [0, 0.1) is 0 Å². The molecule has 1 aliphatic rings. The fourth-order valence-corrected chi connectivity index (χ4v) is 2.55. The van der Waals surface area contributed by atoms with Gasteiger partial charge in [0.15, 0.2) is 0 Å². The van der Waals surface area contributed by atoms with Gasteiger partial charge in [-0.05, 0) is 41.5 Å². The van der Waals surface area contributed by atoms with Crippen molar-refractivity contribution >= 4 is 21.8 Å². The van der Waals surface area contributed by atoms with Gasteiger partial charge in [0.25, 0.3) is 5.91 Å². The Bertz CT molecular complexity index is 421. The molecule has 2 heterocycles. The maximum absolute atomic E-state index is 12.3. The lowest BCUT2D eigenvalue weighted by Crippen LogP contribution is -2.53. The van der Waals surface area contributed by atoms with Crippen molar-refractivity contribution in [1.82, 2.24) is 14.8 Å². The van der Waals surface area contributed by atoms with Crippen molar-refractivity contribution in [3.8, 4) is 0 Å². The third-order valence-electron chi connectivity index (χ3n) is 3.40. The lowest BCUT2D eigenvalue weighted by Gasteiger charge is -2.39. The number of aromatic nitrogens is 1. The second kappa shape index (κ2) is 5.80. The molecule has 4 nitrogen and oxygen atoms in total. The van der Waals surface area contributed by atoms with E-state index in [4.69, 9.17) is 0 Å². The Kier molecular flexibility index (Phi) is 4.35. The van der Waals surface area contributed by atoms with Crippen LogP contribution in [0.2, 0.25) is 0 Å². The number of likely N-dealkylation sites (N-methyl/N-ethyl adjacent to an activating group) is 1. The van der Waals surface area contributed by atoms with Crippen LogP contribution in [0.15, 0.2) is 22.8 Å². The molecule has 1 aromatic heterocycles. The first kappa shape index (κ1) is 13.5. The van der Waals surface area contributed by atoms with Crippen LogP contribution in [-0.4, -0.2) is 52.9 Å². The topological polar surface area (TPSA) is 36.4 Å². The Labute approximate surface area is 116 Å². The molecule has 0 bridgehead atoms. The second-order valence-electron chi connectivity index (χ2n) is 4.59. The summed E-state index contributed by atoms with van der Waals surface area (Å²) in [7, 11) is 0. The maximum atomic E-state index is 12.3.